The number of non-ortho nitro benzene ring substituents is 1. The first-order chi connectivity index (χ1) is 10.4. The summed E-state index contributed by atoms with van der Waals surface area (Å²) in [5.41, 5.74) is 6.83. The Morgan fingerprint density at radius 2 is 1.95 bits per heavy atom. The summed E-state index contributed by atoms with van der Waals surface area (Å²) in [5.74, 6) is 0.646. The van der Waals surface area contributed by atoms with Crippen LogP contribution < -0.4 is 11.1 Å². The van der Waals surface area contributed by atoms with E-state index in [2.05, 4.69) is 15.3 Å². The lowest BCUT2D eigenvalue weighted by atomic mass is 10.0. The molecule has 0 atom stereocenters. The summed E-state index contributed by atoms with van der Waals surface area (Å²) >= 11 is 0. The summed E-state index contributed by atoms with van der Waals surface area (Å²) in [5, 5.41) is 22.1. The van der Waals surface area contributed by atoms with Crippen molar-refractivity contribution < 1.29 is 4.92 Å². The Labute approximate surface area is 127 Å². The first-order valence-corrected chi connectivity index (χ1v) is 6.61. The van der Waals surface area contributed by atoms with Crippen molar-refractivity contribution >= 4 is 23.0 Å². The van der Waals surface area contributed by atoms with Crippen molar-refractivity contribution in [2.24, 2.45) is 0 Å². The molecule has 0 fully saturated rings. The van der Waals surface area contributed by atoms with Crippen LogP contribution in [-0.4, -0.2) is 26.6 Å². The number of nitrogens with zero attached hydrogens (tertiary/aromatic N) is 3. The Morgan fingerprint density at radius 1 is 1.32 bits per heavy atom. The van der Waals surface area contributed by atoms with Crippen LogP contribution >= 0.6 is 0 Å². The lowest BCUT2D eigenvalue weighted by Gasteiger charge is -2.15. The predicted molar refractivity (Wildman–Crippen MR) is 84.2 cm³/mol. The second kappa shape index (κ2) is 6.17. The van der Waals surface area contributed by atoms with E-state index in [4.69, 9.17) is 11.1 Å². The van der Waals surface area contributed by atoms with Gasteiger partial charge in [0.15, 0.2) is 0 Å². The zero-order valence-corrected chi connectivity index (χ0v) is 12.2. The van der Waals surface area contributed by atoms with Crippen molar-refractivity contribution in [3.63, 3.8) is 0 Å². The number of anilines is 2. The average Bonchev–Trinajstić information content (AvgIpc) is 2.46. The van der Waals surface area contributed by atoms with Crippen LogP contribution in [0.5, 0.6) is 0 Å². The molecule has 0 amide bonds. The maximum atomic E-state index is 10.7. The Kier molecular flexibility index (Phi) is 4.31. The number of nitrogen functional groups attached to an aromatic ring is 1. The lowest BCUT2D eigenvalue weighted by molar-refractivity contribution is -0.384. The monoisotopic (exact) mass is 300 g/mol. The van der Waals surface area contributed by atoms with Gasteiger partial charge in [0.05, 0.1) is 16.2 Å². The van der Waals surface area contributed by atoms with E-state index in [0.29, 0.717) is 16.9 Å². The zero-order chi connectivity index (χ0) is 16.3. The van der Waals surface area contributed by atoms with E-state index in [1.54, 1.807) is 0 Å². The van der Waals surface area contributed by atoms with Crippen molar-refractivity contribution in [2.75, 3.05) is 11.1 Å². The molecule has 8 nitrogen and oxygen atoms in total. The maximum absolute atomic E-state index is 10.7. The van der Waals surface area contributed by atoms with Gasteiger partial charge in [-0.2, -0.15) is 0 Å². The zero-order valence-electron chi connectivity index (χ0n) is 12.2. The van der Waals surface area contributed by atoms with E-state index in [9.17, 15) is 10.1 Å². The Bertz CT molecular complexity index is 712. The first-order valence-electron chi connectivity index (χ1n) is 6.61. The Hall–Kier alpha value is -3.03. The van der Waals surface area contributed by atoms with E-state index in [1.807, 2.05) is 13.8 Å². The second-order valence-electron chi connectivity index (χ2n) is 4.96. The molecule has 0 saturated carbocycles. The van der Waals surface area contributed by atoms with Gasteiger partial charge in [-0.15, -0.1) is 0 Å². The molecular formula is C14H16N6O2. The van der Waals surface area contributed by atoms with Gasteiger partial charge in [0.1, 0.15) is 18.0 Å². The smallest absolute Gasteiger partial charge is 0.269 e. The second-order valence-corrected chi connectivity index (χ2v) is 4.96. The Morgan fingerprint density at radius 3 is 2.50 bits per heavy atom. The molecule has 0 aliphatic rings. The van der Waals surface area contributed by atoms with Gasteiger partial charge >= 0.3 is 0 Å². The van der Waals surface area contributed by atoms with Crippen LogP contribution in [0.2, 0.25) is 0 Å². The van der Waals surface area contributed by atoms with Gasteiger partial charge in [0.2, 0.25) is 0 Å². The largest absolute Gasteiger partial charge is 0.383 e. The lowest BCUT2D eigenvalue weighted by Crippen LogP contribution is -2.17. The fourth-order valence-corrected chi connectivity index (χ4v) is 1.92. The molecule has 2 rings (SSSR count). The van der Waals surface area contributed by atoms with Gasteiger partial charge in [-0.3, -0.25) is 15.5 Å². The SMILES string of the molecule is CC(C)Nc1ncnc(N)c1C(=N)c1ccc([N+](=O)[O-])cc1. The quantitative estimate of drug-likeness (QED) is 0.440. The number of nitro groups is 1. The van der Waals surface area contributed by atoms with Crippen LogP contribution in [0.4, 0.5) is 17.3 Å². The molecule has 0 unspecified atom stereocenters. The van der Waals surface area contributed by atoms with Crippen LogP contribution in [0.15, 0.2) is 30.6 Å². The summed E-state index contributed by atoms with van der Waals surface area (Å²) in [6.45, 7) is 3.88. The highest BCUT2D eigenvalue weighted by Gasteiger charge is 2.17. The highest BCUT2D eigenvalue weighted by atomic mass is 16.6. The number of hydrogen-bond acceptors (Lipinski definition) is 7. The molecule has 0 radical (unpaired) electrons. The van der Waals surface area contributed by atoms with Crippen LogP contribution in [0.25, 0.3) is 0 Å². The summed E-state index contributed by atoms with van der Waals surface area (Å²) in [4.78, 5) is 18.2. The molecule has 1 aromatic carbocycles. The molecule has 0 aliphatic carbocycles. The molecular weight excluding hydrogens is 284 g/mol. The minimum atomic E-state index is -0.487. The third-order valence-corrected chi connectivity index (χ3v) is 2.92. The Balaban J connectivity index is 2.42. The summed E-state index contributed by atoms with van der Waals surface area (Å²) < 4.78 is 0. The number of benzene rings is 1. The molecule has 1 heterocycles. The maximum Gasteiger partial charge on any atom is 0.269 e. The topological polar surface area (TPSA) is 131 Å². The third-order valence-electron chi connectivity index (χ3n) is 2.92. The summed E-state index contributed by atoms with van der Waals surface area (Å²) in [6.07, 6.45) is 1.33. The molecule has 1 aromatic heterocycles. The minimum Gasteiger partial charge on any atom is -0.383 e. The van der Waals surface area contributed by atoms with Gasteiger partial charge in [0.25, 0.3) is 5.69 Å². The molecule has 2 aromatic rings. The van der Waals surface area contributed by atoms with Gasteiger partial charge in [-0.25, -0.2) is 9.97 Å². The molecule has 0 saturated heterocycles. The van der Waals surface area contributed by atoms with Crippen LogP contribution in [0, 0.1) is 15.5 Å². The van der Waals surface area contributed by atoms with Gasteiger partial charge in [0, 0.05) is 23.7 Å². The van der Waals surface area contributed by atoms with Crippen LogP contribution in [-0.2, 0) is 0 Å². The highest BCUT2D eigenvalue weighted by Crippen LogP contribution is 2.23. The number of nitro benzene ring substituents is 1. The number of nitrogens with one attached hydrogen (secondary N) is 2. The van der Waals surface area contributed by atoms with Gasteiger partial charge < -0.3 is 11.1 Å². The normalized spacial score (nSPS) is 10.5. The molecule has 0 bridgehead atoms. The molecule has 4 N–H and O–H groups in total. The molecule has 0 aliphatic heterocycles. The fraction of sp³-hybridized carbons (Fsp3) is 0.214. The predicted octanol–water partition coefficient (Wildman–Crippen LogP) is 2.20. The minimum absolute atomic E-state index is 0.0330. The number of aromatic nitrogens is 2. The van der Waals surface area contributed by atoms with Crippen molar-refractivity contribution in [1.82, 2.24) is 9.97 Å². The molecule has 8 heteroatoms. The number of hydrogen-bond donors (Lipinski definition) is 3. The molecule has 0 spiro atoms. The van der Waals surface area contributed by atoms with Gasteiger partial charge in [-0.05, 0) is 26.0 Å². The van der Waals surface area contributed by atoms with Crippen molar-refractivity contribution in [3.05, 3.63) is 51.8 Å². The van der Waals surface area contributed by atoms with E-state index in [0.717, 1.165) is 0 Å². The fourth-order valence-electron chi connectivity index (χ4n) is 1.92. The third kappa shape index (κ3) is 3.17. The number of nitrogens with two attached hydrogens (primary N) is 1. The van der Waals surface area contributed by atoms with Crippen LogP contribution in [0.1, 0.15) is 25.0 Å². The molecule has 22 heavy (non-hydrogen) atoms. The highest BCUT2D eigenvalue weighted by molar-refractivity contribution is 6.16. The van der Waals surface area contributed by atoms with E-state index in [-0.39, 0.29) is 23.3 Å². The van der Waals surface area contributed by atoms with Crippen LogP contribution in [0.3, 0.4) is 0 Å². The van der Waals surface area contributed by atoms with Crippen molar-refractivity contribution in [3.8, 4) is 0 Å². The van der Waals surface area contributed by atoms with Crippen molar-refractivity contribution in [1.29, 1.82) is 5.41 Å². The molecule has 114 valence electrons. The van der Waals surface area contributed by atoms with E-state index < -0.39 is 4.92 Å². The average molecular weight is 300 g/mol. The number of rotatable bonds is 5. The summed E-state index contributed by atoms with van der Waals surface area (Å²) in [6, 6.07) is 5.81. The van der Waals surface area contributed by atoms with E-state index in [1.165, 1.54) is 30.6 Å². The van der Waals surface area contributed by atoms with E-state index >= 15 is 0 Å². The van der Waals surface area contributed by atoms with Crippen molar-refractivity contribution in [2.45, 2.75) is 19.9 Å². The van der Waals surface area contributed by atoms with Gasteiger partial charge in [-0.1, -0.05) is 0 Å². The summed E-state index contributed by atoms with van der Waals surface area (Å²) in [7, 11) is 0. The first kappa shape index (κ1) is 15.4. The standard InChI is InChI=1S/C14H16N6O2/c1-8(2)19-14-11(13(16)17-7-18-14)12(15)9-3-5-10(6-4-9)20(21)22/h3-8,15H,1-2H3,(H3,16,17,18,19).